The molecule has 3 heteroatoms. The third-order valence-corrected chi connectivity index (χ3v) is 1.57. The van der Waals surface area contributed by atoms with Gasteiger partial charge in [-0.2, -0.15) is 0 Å². The van der Waals surface area contributed by atoms with Crippen LogP contribution in [-0.2, 0) is 0 Å². The number of rotatable bonds is 2. The molecule has 0 spiro atoms. The van der Waals surface area contributed by atoms with E-state index in [0.717, 1.165) is 25.6 Å². The van der Waals surface area contributed by atoms with Gasteiger partial charge in [0.2, 0.25) is 0 Å². The second-order valence-corrected chi connectivity index (χ2v) is 2.27. The highest BCUT2D eigenvalue weighted by atomic mass is 15.2. The predicted molar refractivity (Wildman–Crippen MR) is 33.2 cm³/mol. The van der Waals surface area contributed by atoms with E-state index in [9.17, 15) is 0 Å². The van der Waals surface area contributed by atoms with Crippen LogP contribution in [0, 0.1) is 5.92 Å². The van der Waals surface area contributed by atoms with E-state index >= 15 is 0 Å². The molecular formula is C5H13N3. The molecule has 1 saturated heterocycles. The van der Waals surface area contributed by atoms with Crippen molar-refractivity contribution in [2.75, 3.05) is 19.6 Å². The lowest BCUT2D eigenvalue weighted by molar-refractivity contribution is 0.524. The van der Waals surface area contributed by atoms with Gasteiger partial charge in [0.25, 0.3) is 0 Å². The van der Waals surface area contributed by atoms with Gasteiger partial charge >= 0.3 is 0 Å². The predicted octanol–water partition coefficient (Wildman–Crippen LogP) is -0.941. The summed E-state index contributed by atoms with van der Waals surface area (Å²) in [4.78, 5) is 0. The second kappa shape index (κ2) is 3.02. The summed E-state index contributed by atoms with van der Waals surface area (Å²) < 4.78 is 0. The highest BCUT2D eigenvalue weighted by Gasteiger charge is 2.12. The summed E-state index contributed by atoms with van der Waals surface area (Å²) in [6, 6.07) is 0. The van der Waals surface area contributed by atoms with Gasteiger partial charge in [0.15, 0.2) is 0 Å². The van der Waals surface area contributed by atoms with Crippen LogP contribution in [0.3, 0.4) is 0 Å². The van der Waals surface area contributed by atoms with E-state index < -0.39 is 0 Å². The Bertz CT molecular complexity index is 58.7. The van der Waals surface area contributed by atoms with Crippen LogP contribution in [0.1, 0.15) is 6.42 Å². The average molecular weight is 115 g/mol. The van der Waals surface area contributed by atoms with E-state index in [4.69, 9.17) is 5.84 Å². The topological polar surface area (TPSA) is 50.1 Å². The van der Waals surface area contributed by atoms with Crippen molar-refractivity contribution in [2.24, 2.45) is 11.8 Å². The normalized spacial score (nSPS) is 28.9. The third-order valence-electron chi connectivity index (χ3n) is 1.57. The van der Waals surface area contributed by atoms with Crippen LogP contribution in [0.15, 0.2) is 0 Å². The van der Waals surface area contributed by atoms with Crippen molar-refractivity contribution in [3.05, 3.63) is 0 Å². The van der Waals surface area contributed by atoms with E-state index in [-0.39, 0.29) is 0 Å². The van der Waals surface area contributed by atoms with Crippen LogP contribution >= 0.6 is 0 Å². The number of nitrogens with one attached hydrogen (secondary N) is 2. The molecule has 0 saturated carbocycles. The maximum absolute atomic E-state index is 5.13. The zero-order chi connectivity index (χ0) is 5.82. The molecule has 0 amide bonds. The fourth-order valence-electron chi connectivity index (χ4n) is 1.06. The maximum atomic E-state index is 5.13. The van der Waals surface area contributed by atoms with Crippen LogP contribution in [0.25, 0.3) is 0 Å². The van der Waals surface area contributed by atoms with Crippen LogP contribution in [-0.4, -0.2) is 19.6 Å². The van der Waals surface area contributed by atoms with Gasteiger partial charge < -0.3 is 5.32 Å². The van der Waals surface area contributed by atoms with Gasteiger partial charge in [0.05, 0.1) is 0 Å². The molecule has 8 heavy (non-hydrogen) atoms. The molecule has 0 aliphatic carbocycles. The fourth-order valence-corrected chi connectivity index (χ4v) is 1.06. The Kier molecular flexibility index (Phi) is 2.27. The third kappa shape index (κ3) is 1.43. The molecule has 1 rings (SSSR count). The fraction of sp³-hybridized carbons (Fsp3) is 1.00. The van der Waals surface area contributed by atoms with Crippen LogP contribution in [0.4, 0.5) is 0 Å². The lowest BCUT2D eigenvalue weighted by atomic mass is 10.1. The lowest BCUT2D eigenvalue weighted by Gasteiger charge is -2.03. The van der Waals surface area contributed by atoms with Crippen LogP contribution in [0.5, 0.6) is 0 Å². The van der Waals surface area contributed by atoms with E-state index in [0.29, 0.717) is 0 Å². The number of hydrogen-bond acceptors (Lipinski definition) is 3. The standard InChI is InChI=1S/C5H13N3/c6-8-4-5-1-2-7-3-5/h5,7-8H,1-4,6H2. The number of hydrogen-bond donors (Lipinski definition) is 3. The first-order chi connectivity index (χ1) is 3.93. The molecule has 48 valence electrons. The Labute approximate surface area is 49.6 Å². The first-order valence-corrected chi connectivity index (χ1v) is 3.07. The molecule has 0 aromatic rings. The molecule has 4 N–H and O–H groups in total. The van der Waals surface area contributed by atoms with Crippen LogP contribution < -0.4 is 16.6 Å². The van der Waals surface area contributed by atoms with E-state index in [2.05, 4.69) is 10.7 Å². The molecule has 0 aromatic carbocycles. The van der Waals surface area contributed by atoms with Gasteiger partial charge in [-0.3, -0.25) is 11.3 Å². The van der Waals surface area contributed by atoms with Crippen molar-refractivity contribution < 1.29 is 0 Å². The summed E-state index contributed by atoms with van der Waals surface area (Å²) in [5.74, 6) is 5.89. The highest BCUT2D eigenvalue weighted by Crippen LogP contribution is 2.03. The van der Waals surface area contributed by atoms with Crippen molar-refractivity contribution in [2.45, 2.75) is 6.42 Å². The van der Waals surface area contributed by atoms with Crippen molar-refractivity contribution in [1.82, 2.24) is 10.7 Å². The Morgan fingerprint density at radius 2 is 2.62 bits per heavy atom. The minimum absolute atomic E-state index is 0.764. The van der Waals surface area contributed by atoms with Gasteiger partial charge in [0, 0.05) is 6.54 Å². The smallest absolute Gasteiger partial charge is 0.0138 e. The molecule has 0 bridgehead atoms. The molecule has 1 atom stereocenters. The lowest BCUT2D eigenvalue weighted by Crippen LogP contribution is -2.29. The zero-order valence-corrected chi connectivity index (χ0v) is 4.98. The molecular weight excluding hydrogens is 102 g/mol. The molecule has 0 aromatic heterocycles. The van der Waals surface area contributed by atoms with Crippen molar-refractivity contribution in [1.29, 1.82) is 0 Å². The van der Waals surface area contributed by atoms with Crippen LogP contribution in [0.2, 0.25) is 0 Å². The van der Waals surface area contributed by atoms with Gasteiger partial charge in [-0.25, -0.2) is 0 Å². The monoisotopic (exact) mass is 115 g/mol. The first kappa shape index (κ1) is 6.01. The van der Waals surface area contributed by atoms with Gasteiger partial charge in [-0.05, 0) is 25.4 Å². The second-order valence-electron chi connectivity index (χ2n) is 2.27. The Morgan fingerprint density at radius 3 is 3.12 bits per heavy atom. The Balaban J connectivity index is 2.06. The SMILES string of the molecule is NNCC1CCNC1. The van der Waals surface area contributed by atoms with Crippen molar-refractivity contribution in [3.63, 3.8) is 0 Å². The molecule has 1 fully saturated rings. The van der Waals surface area contributed by atoms with Gasteiger partial charge in [-0.15, -0.1) is 0 Å². The minimum atomic E-state index is 0.764. The van der Waals surface area contributed by atoms with Crippen molar-refractivity contribution >= 4 is 0 Å². The van der Waals surface area contributed by atoms with Gasteiger partial charge in [0.1, 0.15) is 0 Å². The zero-order valence-electron chi connectivity index (χ0n) is 4.98. The van der Waals surface area contributed by atoms with E-state index in [1.54, 1.807) is 0 Å². The molecule has 1 aliphatic heterocycles. The quantitative estimate of drug-likeness (QED) is 0.321. The first-order valence-electron chi connectivity index (χ1n) is 3.07. The largest absolute Gasteiger partial charge is 0.316 e. The Morgan fingerprint density at radius 1 is 1.75 bits per heavy atom. The number of nitrogens with two attached hydrogens (primary N) is 1. The average Bonchev–Trinajstić information content (AvgIpc) is 2.19. The molecule has 1 aliphatic rings. The summed E-state index contributed by atoms with van der Waals surface area (Å²) in [6.07, 6.45) is 1.27. The summed E-state index contributed by atoms with van der Waals surface area (Å²) in [7, 11) is 0. The summed E-state index contributed by atoms with van der Waals surface area (Å²) >= 11 is 0. The summed E-state index contributed by atoms with van der Waals surface area (Å²) in [5, 5.41) is 3.26. The van der Waals surface area contributed by atoms with Gasteiger partial charge in [-0.1, -0.05) is 0 Å². The maximum Gasteiger partial charge on any atom is 0.0138 e. The molecule has 3 nitrogen and oxygen atoms in total. The Hall–Kier alpha value is -0.120. The highest BCUT2D eigenvalue weighted by molar-refractivity contribution is 4.71. The molecule has 0 radical (unpaired) electrons. The van der Waals surface area contributed by atoms with E-state index in [1.165, 1.54) is 6.42 Å². The van der Waals surface area contributed by atoms with Crippen molar-refractivity contribution in [3.8, 4) is 0 Å². The minimum Gasteiger partial charge on any atom is -0.316 e. The molecule has 1 heterocycles. The summed E-state index contributed by atoms with van der Waals surface area (Å²) in [6.45, 7) is 3.24. The van der Waals surface area contributed by atoms with E-state index in [1.807, 2.05) is 0 Å². The molecule has 1 unspecified atom stereocenters. The summed E-state index contributed by atoms with van der Waals surface area (Å²) in [5.41, 5.74) is 2.67. The number of hydrazine groups is 1.